The average Bonchev–Trinajstić information content (AvgIpc) is 3.15. The van der Waals surface area contributed by atoms with Crippen molar-refractivity contribution in [3.05, 3.63) is 51.2 Å². The molecule has 2 heterocycles. The number of aryl methyl sites for hydroxylation is 1. The number of unbranched alkanes of at least 4 members (excludes halogenated alkanes) is 1. The summed E-state index contributed by atoms with van der Waals surface area (Å²) in [5, 5.41) is 14.0. The van der Waals surface area contributed by atoms with Gasteiger partial charge in [-0.1, -0.05) is 51.3 Å². The zero-order valence-corrected chi connectivity index (χ0v) is 19.0. The Bertz CT molecular complexity index is 1120. The van der Waals surface area contributed by atoms with E-state index in [2.05, 4.69) is 29.1 Å². The van der Waals surface area contributed by atoms with E-state index in [1.54, 1.807) is 11.6 Å². The van der Waals surface area contributed by atoms with E-state index in [1.807, 2.05) is 30.3 Å². The predicted molar refractivity (Wildman–Crippen MR) is 125 cm³/mol. The molecule has 3 rings (SSSR count). The Balaban J connectivity index is 1.86. The topological polar surface area (TPSA) is 114 Å². The van der Waals surface area contributed by atoms with Crippen LogP contribution in [-0.2, 0) is 13.6 Å². The molecule has 174 valence electrons. The highest BCUT2D eigenvalue weighted by Crippen LogP contribution is 2.19. The molecule has 0 fully saturated rings. The maximum absolute atomic E-state index is 12.6. The summed E-state index contributed by atoms with van der Waals surface area (Å²) in [6.07, 6.45) is 3.54. The minimum atomic E-state index is -0.883. The van der Waals surface area contributed by atoms with Crippen molar-refractivity contribution in [1.29, 1.82) is 0 Å². The van der Waals surface area contributed by atoms with E-state index >= 15 is 0 Å². The molecule has 9 nitrogen and oxygen atoms in total. The highest BCUT2D eigenvalue weighted by Gasteiger charge is 2.20. The van der Waals surface area contributed by atoms with E-state index in [4.69, 9.17) is 4.74 Å². The molecule has 0 unspecified atom stereocenters. The Morgan fingerprint density at radius 3 is 2.66 bits per heavy atom. The average molecular weight is 444 g/mol. The van der Waals surface area contributed by atoms with E-state index in [0.717, 1.165) is 25.7 Å². The number of hydrogen-bond acceptors (Lipinski definition) is 6. The van der Waals surface area contributed by atoms with Gasteiger partial charge in [0.25, 0.3) is 5.56 Å². The third-order valence-corrected chi connectivity index (χ3v) is 5.68. The summed E-state index contributed by atoms with van der Waals surface area (Å²) in [6, 6.07) is 9.23. The van der Waals surface area contributed by atoms with Gasteiger partial charge in [0.2, 0.25) is 5.95 Å². The molecule has 0 spiro atoms. The van der Waals surface area contributed by atoms with Crippen LogP contribution in [0.4, 0.5) is 5.95 Å². The van der Waals surface area contributed by atoms with E-state index in [-0.39, 0.29) is 24.3 Å². The normalized spacial score (nSPS) is 13.2. The van der Waals surface area contributed by atoms with Crippen molar-refractivity contribution in [1.82, 2.24) is 19.1 Å². The van der Waals surface area contributed by atoms with Gasteiger partial charge in [0.1, 0.15) is 18.5 Å². The van der Waals surface area contributed by atoms with E-state index in [1.165, 1.54) is 4.57 Å². The predicted octanol–water partition coefficient (Wildman–Crippen LogP) is 2.49. The van der Waals surface area contributed by atoms with Crippen molar-refractivity contribution in [3.63, 3.8) is 0 Å². The molecule has 9 heteroatoms. The molecule has 0 saturated carbocycles. The molecule has 0 radical (unpaired) electrons. The van der Waals surface area contributed by atoms with Crippen molar-refractivity contribution < 1.29 is 9.84 Å². The fourth-order valence-corrected chi connectivity index (χ4v) is 3.70. The van der Waals surface area contributed by atoms with Crippen LogP contribution >= 0.6 is 0 Å². The molecule has 1 aromatic carbocycles. The number of rotatable bonds is 12. The summed E-state index contributed by atoms with van der Waals surface area (Å²) in [6.45, 7) is 5.18. The minimum absolute atomic E-state index is 0.0564. The first-order chi connectivity index (χ1) is 15.4. The van der Waals surface area contributed by atoms with Crippen molar-refractivity contribution in [3.8, 4) is 5.75 Å². The lowest BCUT2D eigenvalue weighted by Gasteiger charge is -2.18. The number of aromatic amines is 1. The highest BCUT2D eigenvalue weighted by molar-refractivity contribution is 5.74. The molecule has 0 aliphatic carbocycles. The van der Waals surface area contributed by atoms with Crippen molar-refractivity contribution in [2.75, 3.05) is 18.5 Å². The number of para-hydroxylation sites is 1. The number of H-pyrrole nitrogens is 1. The molecule has 0 aliphatic rings. The van der Waals surface area contributed by atoms with Gasteiger partial charge in [-0.25, -0.2) is 4.79 Å². The summed E-state index contributed by atoms with van der Waals surface area (Å²) >= 11 is 0. The molecule has 0 bridgehead atoms. The number of fused-ring (bicyclic) bond motifs is 1. The van der Waals surface area contributed by atoms with Gasteiger partial charge < -0.3 is 19.7 Å². The van der Waals surface area contributed by atoms with Crippen molar-refractivity contribution in [2.45, 2.75) is 52.2 Å². The lowest BCUT2D eigenvalue weighted by molar-refractivity contribution is 0.0938. The Morgan fingerprint density at radius 2 is 1.97 bits per heavy atom. The summed E-state index contributed by atoms with van der Waals surface area (Å²) in [7, 11) is 1.56. The van der Waals surface area contributed by atoms with E-state index in [0.29, 0.717) is 24.2 Å². The Kier molecular flexibility index (Phi) is 8.10. The van der Waals surface area contributed by atoms with Gasteiger partial charge in [0, 0.05) is 13.6 Å². The third kappa shape index (κ3) is 5.59. The third-order valence-electron chi connectivity index (χ3n) is 5.68. The van der Waals surface area contributed by atoms with Crippen molar-refractivity contribution >= 4 is 17.1 Å². The standard InChI is InChI=1S/C23H33N5O4/c1-4-6-10-16(5-2)13-24-22-25-20-19(21(30)26-23(31)27(20)3)28(22)14-17(29)15-32-18-11-8-7-9-12-18/h7-9,11-12,16-17,29H,4-6,10,13-15H2,1-3H3,(H,24,25)(H,26,30,31)/t16-,17+/m1/s1. The van der Waals surface area contributed by atoms with Crippen LogP contribution in [0.2, 0.25) is 0 Å². The summed E-state index contributed by atoms with van der Waals surface area (Å²) in [4.78, 5) is 31.5. The summed E-state index contributed by atoms with van der Waals surface area (Å²) < 4.78 is 8.60. The van der Waals surface area contributed by atoms with Gasteiger partial charge in [-0.3, -0.25) is 14.3 Å². The number of nitrogens with one attached hydrogen (secondary N) is 2. The number of aliphatic hydroxyl groups is 1. The Labute approximate surface area is 187 Å². The van der Waals surface area contributed by atoms with Crippen LogP contribution < -0.4 is 21.3 Å². The van der Waals surface area contributed by atoms with Crippen molar-refractivity contribution in [2.24, 2.45) is 13.0 Å². The molecule has 0 aliphatic heterocycles. The van der Waals surface area contributed by atoms with Gasteiger partial charge in [-0.05, 0) is 24.5 Å². The first kappa shape index (κ1) is 23.6. The van der Waals surface area contributed by atoms with Crippen LogP contribution in [0.3, 0.4) is 0 Å². The first-order valence-electron chi connectivity index (χ1n) is 11.2. The highest BCUT2D eigenvalue weighted by atomic mass is 16.5. The van der Waals surface area contributed by atoms with Crippen LogP contribution in [0, 0.1) is 5.92 Å². The summed E-state index contributed by atoms with van der Waals surface area (Å²) in [5.74, 6) is 1.58. The number of nitrogens with zero attached hydrogens (tertiary/aromatic N) is 3. The number of aliphatic hydroxyl groups excluding tert-OH is 1. The Hall–Kier alpha value is -3.07. The zero-order chi connectivity index (χ0) is 23.1. The second kappa shape index (κ2) is 11.0. The van der Waals surface area contributed by atoms with E-state index < -0.39 is 17.4 Å². The second-order valence-electron chi connectivity index (χ2n) is 8.11. The maximum atomic E-state index is 12.6. The van der Waals surface area contributed by atoms with Gasteiger partial charge in [-0.2, -0.15) is 4.98 Å². The number of anilines is 1. The maximum Gasteiger partial charge on any atom is 0.329 e. The lowest BCUT2D eigenvalue weighted by Crippen LogP contribution is -2.31. The SMILES string of the molecule is CCCC[C@@H](CC)CNc1nc2c(c(=O)[nH]c(=O)n2C)n1C[C@H](O)COc1ccccc1. The largest absolute Gasteiger partial charge is 0.491 e. The van der Waals surface area contributed by atoms with Crippen LogP contribution in [0.25, 0.3) is 11.2 Å². The molecule has 2 atom stereocenters. The smallest absolute Gasteiger partial charge is 0.329 e. The molecule has 32 heavy (non-hydrogen) atoms. The fourth-order valence-electron chi connectivity index (χ4n) is 3.70. The molecular weight excluding hydrogens is 410 g/mol. The van der Waals surface area contributed by atoms with Gasteiger partial charge >= 0.3 is 5.69 Å². The molecule has 2 aromatic heterocycles. The number of aromatic nitrogens is 4. The lowest BCUT2D eigenvalue weighted by atomic mass is 9.99. The molecule has 0 amide bonds. The van der Waals surface area contributed by atoms with Crippen LogP contribution in [0.15, 0.2) is 39.9 Å². The van der Waals surface area contributed by atoms with Gasteiger partial charge in [0.15, 0.2) is 11.2 Å². The number of benzene rings is 1. The fraction of sp³-hybridized carbons (Fsp3) is 0.522. The zero-order valence-electron chi connectivity index (χ0n) is 19.0. The van der Waals surface area contributed by atoms with Crippen LogP contribution in [-0.4, -0.2) is 43.5 Å². The van der Waals surface area contributed by atoms with Gasteiger partial charge in [-0.15, -0.1) is 0 Å². The molecule has 0 saturated heterocycles. The quantitative estimate of drug-likeness (QED) is 0.396. The van der Waals surface area contributed by atoms with Gasteiger partial charge in [0.05, 0.1) is 6.54 Å². The molecule has 3 aromatic rings. The minimum Gasteiger partial charge on any atom is -0.491 e. The number of imidazole rings is 1. The number of ether oxygens (including phenoxy) is 1. The van der Waals surface area contributed by atoms with Crippen LogP contribution in [0.1, 0.15) is 39.5 Å². The monoisotopic (exact) mass is 443 g/mol. The second-order valence-corrected chi connectivity index (χ2v) is 8.11. The summed E-state index contributed by atoms with van der Waals surface area (Å²) in [5.41, 5.74) is -0.534. The molecular formula is C23H33N5O4. The molecule has 3 N–H and O–H groups in total. The Morgan fingerprint density at radius 1 is 1.22 bits per heavy atom. The first-order valence-corrected chi connectivity index (χ1v) is 11.2. The number of hydrogen-bond donors (Lipinski definition) is 3. The van der Waals surface area contributed by atoms with Crippen LogP contribution in [0.5, 0.6) is 5.75 Å². The van der Waals surface area contributed by atoms with E-state index in [9.17, 15) is 14.7 Å².